The molecule has 6 nitrogen and oxygen atoms in total. The van der Waals surface area contributed by atoms with Gasteiger partial charge in [-0.2, -0.15) is 4.79 Å². The molecule has 0 aliphatic rings. The van der Waals surface area contributed by atoms with E-state index in [-0.39, 0.29) is 29.4 Å². The van der Waals surface area contributed by atoms with Gasteiger partial charge in [-0.3, -0.25) is 0 Å². The van der Waals surface area contributed by atoms with Crippen LogP contribution in [0.4, 0.5) is 4.79 Å². The summed E-state index contributed by atoms with van der Waals surface area (Å²) in [5.74, 6) is 1.22. The van der Waals surface area contributed by atoms with Crippen molar-refractivity contribution in [3.63, 3.8) is 0 Å². The van der Waals surface area contributed by atoms with E-state index in [4.69, 9.17) is 19.3 Å². The molecule has 0 aromatic heterocycles. The Morgan fingerprint density at radius 1 is 0.538 bits per heavy atom. The van der Waals surface area contributed by atoms with Crippen molar-refractivity contribution in [2.24, 2.45) is 11.8 Å². The third kappa shape index (κ3) is 45.5. The summed E-state index contributed by atoms with van der Waals surface area (Å²) < 4.78 is 18.4. The number of quaternary nitrogens is 1. The Hall–Kier alpha value is -0.690. The lowest BCUT2D eigenvalue weighted by Crippen LogP contribution is -2.48. The van der Waals surface area contributed by atoms with E-state index in [0.717, 1.165) is 38.8 Å². The number of unbranched alkanes of at least 4 members (excludes halogenated alkanes) is 19. The van der Waals surface area contributed by atoms with Gasteiger partial charge in [0.1, 0.15) is 12.7 Å². The van der Waals surface area contributed by atoms with Crippen LogP contribution in [0.2, 0.25) is 0 Å². The first-order chi connectivity index (χ1) is 24.9. The first kappa shape index (κ1) is 55.6. The Kier molecular flexibility index (Phi) is 46.1. The highest BCUT2D eigenvalue weighted by molar-refractivity contribution is 5.59. The van der Waals surface area contributed by atoms with E-state index in [1.54, 1.807) is 0 Å². The Morgan fingerprint density at radius 3 is 1.35 bits per heavy atom. The van der Waals surface area contributed by atoms with Crippen molar-refractivity contribution in [1.82, 2.24) is 0 Å². The highest BCUT2D eigenvalue weighted by atomic mass is 16.6. The number of hydrogen-bond acceptors (Lipinski definition) is 5. The maximum absolute atomic E-state index is 12.8. The van der Waals surface area contributed by atoms with E-state index in [0.29, 0.717) is 25.0 Å². The van der Waals surface area contributed by atoms with Crippen LogP contribution in [0.1, 0.15) is 223 Å². The first-order valence-electron chi connectivity index (χ1n) is 22.8. The maximum Gasteiger partial charge on any atom is 0.515 e. The van der Waals surface area contributed by atoms with E-state index < -0.39 is 0 Å². The number of aliphatic hydroxyl groups is 1. The van der Waals surface area contributed by atoms with Gasteiger partial charge in [0.25, 0.3) is 0 Å². The van der Waals surface area contributed by atoms with Crippen LogP contribution >= 0.6 is 0 Å². The number of nitrogens with zero attached hydrogens (tertiary/aromatic N) is 1. The number of ether oxygens (including phenoxy) is 3. The highest BCUT2D eigenvalue weighted by Crippen LogP contribution is 2.15. The highest BCUT2D eigenvalue weighted by Gasteiger charge is 2.30. The van der Waals surface area contributed by atoms with E-state index in [2.05, 4.69) is 62.3 Å². The van der Waals surface area contributed by atoms with Crippen molar-refractivity contribution in [1.29, 1.82) is 0 Å². The zero-order valence-electron chi connectivity index (χ0n) is 37.6. The minimum atomic E-state index is -0.207. The monoisotopic (exact) mass is 745 g/mol. The topological polar surface area (TPSA) is 65.0 Å². The van der Waals surface area contributed by atoms with Crippen LogP contribution in [0.5, 0.6) is 0 Å². The van der Waals surface area contributed by atoms with Gasteiger partial charge in [0.15, 0.2) is 0 Å². The average Bonchev–Trinajstić information content (AvgIpc) is 3.10. The molecule has 6 heteroatoms. The molecule has 1 amide bonds. The summed E-state index contributed by atoms with van der Waals surface area (Å²) in [5, 5.41) is 8.24. The van der Waals surface area contributed by atoms with Crippen molar-refractivity contribution in [3.8, 4) is 0 Å². The largest absolute Gasteiger partial charge is 0.515 e. The van der Waals surface area contributed by atoms with E-state index in [9.17, 15) is 4.79 Å². The van der Waals surface area contributed by atoms with Crippen molar-refractivity contribution in [3.05, 3.63) is 0 Å². The van der Waals surface area contributed by atoms with Gasteiger partial charge in [0, 0.05) is 13.2 Å². The quantitative estimate of drug-likeness (QED) is 0.0525. The molecule has 0 radical (unpaired) electrons. The Balaban J connectivity index is -0.00000170. The fourth-order valence-corrected chi connectivity index (χ4v) is 5.76. The molecule has 0 aliphatic heterocycles. The smallest absolute Gasteiger partial charge is 0.417 e. The predicted molar refractivity (Wildman–Crippen MR) is 228 cm³/mol. The average molecular weight is 745 g/mol. The Labute approximate surface area is 327 Å². The second kappa shape index (κ2) is 43.0. The molecule has 52 heavy (non-hydrogen) atoms. The molecule has 0 aliphatic carbocycles. The minimum Gasteiger partial charge on any atom is -0.417 e. The van der Waals surface area contributed by atoms with Crippen LogP contribution in [0.3, 0.4) is 0 Å². The van der Waals surface area contributed by atoms with Gasteiger partial charge in [-0.05, 0) is 44.4 Å². The van der Waals surface area contributed by atoms with Crippen LogP contribution in [0, 0.1) is 11.8 Å². The number of hydrogen-bond donors (Lipinski definition) is 1. The zero-order valence-corrected chi connectivity index (χ0v) is 37.6. The molecule has 2 unspecified atom stereocenters. The molecule has 1 N–H and O–H groups in total. The minimum absolute atomic E-state index is 0.147. The number of carbonyl (C=O) groups excluding carboxylic acids is 1. The molecule has 0 rings (SSSR count). The number of carbonyl (C=O) groups is 1. The van der Waals surface area contributed by atoms with Crippen LogP contribution in [0.15, 0.2) is 0 Å². The molecule has 316 valence electrons. The number of rotatable bonds is 34. The van der Waals surface area contributed by atoms with Gasteiger partial charge in [-0.15, -0.1) is 0 Å². The summed E-state index contributed by atoms with van der Waals surface area (Å²) >= 11 is 0. The third-order valence-electron chi connectivity index (χ3n) is 9.65. The molecule has 0 spiro atoms. The van der Waals surface area contributed by atoms with E-state index in [1.165, 1.54) is 135 Å². The molecular formula is C46H98NO5+. The van der Waals surface area contributed by atoms with Crippen molar-refractivity contribution >= 4 is 6.09 Å². The summed E-state index contributed by atoms with van der Waals surface area (Å²) in [7, 11) is 3.87. The maximum atomic E-state index is 12.8. The van der Waals surface area contributed by atoms with Crippen LogP contribution in [-0.4, -0.2) is 75.0 Å². The lowest BCUT2D eigenvalue weighted by Gasteiger charge is -2.28. The number of aliphatic hydroxyl groups excluding tert-OH is 1. The summed E-state index contributed by atoms with van der Waals surface area (Å²) in [5.41, 5.74) is 0. The lowest BCUT2D eigenvalue weighted by molar-refractivity contribution is -0.817. The van der Waals surface area contributed by atoms with Crippen molar-refractivity contribution in [2.45, 2.75) is 235 Å². The van der Waals surface area contributed by atoms with Crippen LogP contribution in [-0.2, 0) is 14.2 Å². The predicted octanol–water partition coefficient (Wildman–Crippen LogP) is 14.1. The van der Waals surface area contributed by atoms with Gasteiger partial charge in [0.2, 0.25) is 0 Å². The fraction of sp³-hybridized carbons (Fsp3) is 0.978. The summed E-state index contributed by atoms with van der Waals surface area (Å²) in [4.78, 5) is 12.8. The molecule has 0 saturated carbocycles. The molecule has 0 heterocycles. The molecular weight excluding hydrogens is 647 g/mol. The summed E-state index contributed by atoms with van der Waals surface area (Å²) in [6, 6.07) is 0. The molecule has 0 aromatic rings. The molecule has 0 fully saturated rings. The first-order valence-corrected chi connectivity index (χ1v) is 22.8. The SMILES string of the molecule is CC(C)CCO.CCCCCC.CCCCCCCCCCCCCCOCC(COC(=O)[N+](C)(C)CCC(C)C)OC(C)CCCCCCCC. The van der Waals surface area contributed by atoms with E-state index >= 15 is 0 Å². The van der Waals surface area contributed by atoms with Gasteiger partial charge < -0.3 is 19.3 Å². The van der Waals surface area contributed by atoms with E-state index in [1.807, 2.05) is 14.1 Å². The lowest BCUT2D eigenvalue weighted by atomic mass is 10.1. The normalized spacial score (nSPS) is 12.7. The van der Waals surface area contributed by atoms with Crippen molar-refractivity contribution < 1.29 is 28.6 Å². The van der Waals surface area contributed by atoms with Gasteiger partial charge >= 0.3 is 6.09 Å². The van der Waals surface area contributed by atoms with Crippen LogP contribution < -0.4 is 0 Å². The van der Waals surface area contributed by atoms with Gasteiger partial charge in [-0.25, -0.2) is 4.48 Å². The van der Waals surface area contributed by atoms with Gasteiger partial charge in [-0.1, -0.05) is 190 Å². The molecule has 0 bridgehead atoms. The Bertz CT molecular complexity index is 680. The number of amides is 1. The second-order valence-electron chi connectivity index (χ2n) is 16.9. The third-order valence-corrected chi connectivity index (χ3v) is 9.65. The van der Waals surface area contributed by atoms with Crippen molar-refractivity contribution in [2.75, 3.05) is 47.1 Å². The zero-order chi connectivity index (χ0) is 39.7. The molecule has 0 aromatic carbocycles. The molecule has 2 atom stereocenters. The Morgan fingerprint density at radius 2 is 0.942 bits per heavy atom. The second-order valence-corrected chi connectivity index (χ2v) is 16.9. The fourth-order valence-electron chi connectivity index (χ4n) is 5.76. The standard InChI is InChI=1S/C35H72NO4.C6H14.C5H12O/c1-8-10-12-14-16-17-18-19-20-21-23-25-29-38-30-34(40-33(5)26-24-22-15-13-11-9-2)31-39-35(37)36(6,7)28-27-32(3)4;1-3-5-6-4-2;1-5(2)3-4-6/h32-34H,8-31H2,1-7H3;3-6H2,1-2H3;5-6H,3-4H2,1-2H3/q+1;;. The van der Waals surface area contributed by atoms with Crippen LogP contribution in [0.25, 0.3) is 0 Å². The molecule has 0 saturated heterocycles. The summed E-state index contributed by atoms with van der Waals surface area (Å²) in [6.45, 7) is 22.3. The summed E-state index contributed by atoms with van der Waals surface area (Å²) in [6.07, 6.45) is 32.1. The van der Waals surface area contributed by atoms with Gasteiger partial charge in [0.05, 0.1) is 33.4 Å².